The van der Waals surface area contributed by atoms with Crippen molar-refractivity contribution in [2.75, 3.05) is 0 Å². The highest BCUT2D eigenvalue weighted by Gasteiger charge is 2.13. The van der Waals surface area contributed by atoms with E-state index < -0.39 is 6.10 Å². The van der Waals surface area contributed by atoms with Crippen LogP contribution in [0.25, 0.3) is 11.1 Å². The maximum atomic E-state index is 11.7. The summed E-state index contributed by atoms with van der Waals surface area (Å²) < 4.78 is 6.80. The molecule has 21 heavy (non-hydrogen) atoms. The molecular weight excluding hydrogens is 266 g/mol. The van der Waals surface area contributed by atoms with E-state index in [2.05, 4.69) is 0 Å². The van der Waals surface area contributed by atoms with Gasteiger partial charge in [-0.25, -0.2) is 4.79 Å². The monoisotopic (exact) mass is 283 g/mol. The molecule has 1 N–H and O–H groups in total. The molecule has 0 saturated carbocycles. The van der Waals surface area contributed by atoms with Crippen molar-refractivity contribution in [3.8, 4) is 0 Å². The van der Waals surface area contributed by atoms with Crippen molar-refractivity contribution < 1.29 is 9.52 Å². The maximum Gasteiger partial charge on any atom is 0.419 e. The quantitative estimate of drug-likeness (QED) is 0.801. The number of oxazole rings is 1. The van der Waals surface area contributed by atoms with Gasteiger partial charge < -0.3 is 9.52 Å². The lowest BCUT2D eigenvalue weighted by Crippen LogP contribution is -2.11. The minimum absolute atomic E-state index is 0.359. The van der Waals surface area contributed by atoms with Crippen LogP contribution in [-0.2, 0) is 13.0 Å². The van der Waals surface area contributed by atoms with Gasteiger partial charge in [0.25, 0.3) is 0 Å². The van der Waals surface area contributed by atoms with Crippen molar-refractivity contribution in [3.05, 3.63) is 70.2 Å². The number of aliphatic hydroxyl groups is 1. The lowest BCUT2D eigenvalue weighted by molar-refractivity contribution is 0.178. The summed E-state index contributed by atoms with van der Waals surface area (Å²) in [7, 11) is 0. The third kappa shape index (κ3) is 2.62. The van der Waals surface area contributed by atoms with E-state index in [1.807, 2.05) is 49.4 Å². The molecule has 3 aromatic rings. The summed E-state index contributed by atoms with van der Waals surface area (Å²) in [4.78, 5) is 11.7. The van der Waals surface area contributed by atoms with E-state index >= 15 is 0 Å². The van der Waals surface area contributed by atoms with Crippen LogP contribution >= 0.6 is 0 Å². The first-order chi connectivity index (χ1) is 10.2. The Morgan fingerprint density at radius 2 is 1.95 bits per heavy atom. The number of aromatic nitrogens is 1. The van der Waals surface area contributed by atoms with Crippen molar-refractivity contribution in [1.29, 1.82) is 0 Å². The van der Waals surface area contributed by atoms with Gasteiger partial charge in [-0.3, -0.25) is 4.57 Å². The summed E-state index contributed by atoms with van der Waals surface area (Å²) in [5.74, 6) is -0.359. The average Bonchev–Trinajstić information content (AvgIpc) is 2.82. The van der Waals surface area contributed by atoms with E-state index in [4.69, 9.17) is 4.42 Å². The smallest absolute Gasteiger partial charge is 0.408 e. The van der Waals surface area contributed by atoms with E-state index in [9.17, 15) is 9.90 Å². The van der Waals surface area contributed by atoms with E-state index in [0.29, 0.717) is 18.5 Å². The molecule has 0 amide bonds. The van der Waals surface area contributed by atoms with Crippen LogP contribution in [0.1, 0.15) is 24.2 Å². The van der Waals surface area contributed by atoms with E-state index in [-0.39, 0.29) is 5.76 Å². The minimum Gasteiger partial charge on any atom is -0.408 e. The zero-order chi connectivity index (χ0) is 14.8. The largest absolute Gasteiger partial charge is 0.419 e. The minimum atomic E-state index is -0.618. The molecule has 0 aliphatic heterocycles. The summed E-state index contributed by atoms with van der Waals surface area (Å²) in [5.41, 5.74) is 3.10. The van der Waals surface area contributed by atoms with E-state index in [1.165, 1.54) is 0 Å². The Labute approximate surface area is 122 Å². The topological polar surface area (TPSA) is 55.4 Å². The van der Waals surface area contributed by atoms with Crippen molar-refractivity contribution in [3.63, 3.8) is 0 Å². The number of fused-ring (bicyclic) bond motifs is 1. The molecule has 0 aliphatic rings. The van der Waals surface area contributed by atoms with Gasteiger partial charge in [-0.2, -0.15) is 0 Å². The van der Waals surface area contributed by atoms with Crippen LogP contribution in [0.3, 0.4) is 0 Å². The maximum absolute atomic E-state index is 11.7. The van der Waals surface area contributed by atoms with Gasteiger partial charge in [-0.1, -0.05) is 36.4 Å². The third-order valence-electron chi connectivity index (χ3n) is 3.67. The molecule has 0 saturated heterocycles. The number of rotatable bonds is 4. The Morgan fingerprint density at radius 1 is 1.19 bits per heavy atom. The molecule has 0 fully saturated rings. The Morgan fingerprint density at radius 3 is 2.67 bits per heavy atom. The standard InChI is InChI=1S/C17H17NO3/c1-2-18-14-9-8-13(11-16(14)21-17(18)20)15(19)10-12-6-4-3-5-7-12/h3-9,11,15,19H,2,10H2,1H3. The molecule has 1 atom stereocenters. The molecule has 2 aromatic carbocycles. The van der Waals surface area contributed by atoms with Gasteiger partial charge >= 0.3 is 5.76 Å². The van der Waals surface area contributed by atoms with Crippen molar-refractivity contribution in [2.24, 2.45) is 0 Å². The van der Waals surface area contributed by atoms with Gasteiger partial charge in [-0.05, 0) is 30.2 Å². The molecule has 0 spiro atoms. The van der Waals surface area contributed by atoms with Gasteiger partial charge in [0.15, 0.2) is 5.58 Å². The number of aliphatic hydroxyl groups excluding tert-OH is 1. The second-order valence-corrected chi connectivity index (χ2v) is 5.04. The summed E-state index contributed by atoms with van der Waals surface area (Å²) in [6.07, 6.45) is -0.0856. The van der Waals surface area contributed by atoms with Gasteiger partial charge in [0.05, 0.1) is 11.6 Å². The Balaban J connectivity index is 1.92. The molecule has 0 radical (unpaired) electrons. The fourth-order valence-corrected chi connectivity index (χ4v) is 2.54. The summed E-state index contributed by atoms with van der Waals surface area (Å²) in [6, 6.07) is 15.2. The molecule has 0 bridgehead atoms. The molecule has 0 aliphatic carbocycles. The van der Waals surface area contributed by atoms with E-state index in [1.54, 1.807) is 10.6 Å². The highest BCUT2D eigenvalue weighted by atomic mass is 16.4. The van der Waals surface area contributed by atoms with Crippen LogP contribution in [0.5, 0.6) is 0 Å². The van der Waals surface area contributed by atoms with Crippen molar-refractivity contribution in [1.82, 2.24) is 4.57 Å². The molecule has 1 aromatic heterocycles. The Hall–Kier alpha value is -2.33. The number of benzene rings is 2. The lowest BCUT2D eigenvalue weighted by atomic mass is 10.0. The molecular formula is C17H17NO3. The predicted molar refractivity (Wildman–Crippen MR) is 81.3 cm³/mol. The van der Waals surface area contributed by atoms with Gasteiger partial charge in [0, 0.05) is 13.0 Å². The first-order valence-electron chi connectivity index (χ1n) is 7.04. The average molecular weight is 283 g/mol. The van der Waals surface area contributed by atoms with Crippen LogP contribution in [0, 0.1) is 0 Å². The van der Waals surface area contributed by atoms with Gasteiger partial charge in [-0.15, -0.1) is 0 Å². The van der Waals surface area contributed by atoms with Crippen molar-refractivity contribution >= 4 is 11.1 Å². The molecule has 4 nitrogen and oxygen atoms in total. The zero-order valence-electron chi connectivity index (χ0n) is 11.8. The van der Waals surface area contributed by atoms with E-state index in [0.717, 1.165) is 16.6 Å². The summed E-state index contributed by atoms with van der Waals surface area (Å²) in [5, 5.41) is 10.3. The van der Waals surface area contributed by atoms with Crippen LogP contribution < -0.4 is 5.76 Å². The lowest BCUT2D eigenvalue weighted by Gasteiger charge is -2.11. The van der Waals surface area contributed by atoms with Crippen LogP contribution in [0.15, 0.2) is 57.7 Å². The van der Waals surface area contributed by atoms with Crippen LogP contribution in [0.4, 0.5) is 0 Å². The van der Waals surface area contributed by atoms with Gasteiger partial charge in [0.2, 0.25) is 0 Å². The zero-order valence-corrected chi connectivity index (χ0v) is 11.8. The van der Waals surface area contributed by atoms with Crippen LogP contribution in [-0.4, -0.2) is 9.67 Å². The highest BCUT2D eigenvalue weighted by molar-refractivity contribution is 5.73. The first kappa shape index (κ1) is 13.6. The number of hydrogen-bond donors (Lipinski definition) is 1. The van der Waals surface area contributed by atoms with Crippen molar-refractivity contribution in [2.45, 2.75) is 26.0 Å². The van der Waals surface area contributed by atoms with Gasteiger partial charge in [0.1, 0.15) is 0 Å². The number of hydrogen-bond acceptors (Lipinski definition) is 3. The molecule has 1 heterocycles. The Bertz CT molecular complexity index is 802. The molecule has 3 rings (SSSR count). The SMILES string of the molecule is CCn1c(=O)oc2cc(C(O)Cc3ccccc3)ccc21. The first-order valence-corrected chi connectivity index (χ1v) is 7.04. The highest BCUT2D eigenvalue weighted by Crippen LogP contribution is 2.22. The molecule has 108 valence electrons. The normalized spacial score (nSPS) is 12.7. The summed E-state index contributed by atoms with van der Waals surface area (Å²) >= 11 is 0. The predicted octanol–water partition coefficient (Wildman–Crippen LogP) is 2.89. The molecule has 1 unspecified atom stereocenters. The van der Waals surface area contributed by atoms with Crippen LogP contribution in [0.2, 0.25) is 0 Å². The fraction of sp³-hybridized carbons (Fsp3) is 0.235. The fourth-order valence-electron chi connectivity index (χ4n) is 2.54. The summed E-state index contributed by atoms with van der Waals surface area (Å²) in [6.45, 7) is 2.46. The second-order valence-electron chi connectivity index (χ2n) is 5.04. The number of aryl methyl sites for hydroxylation is 1. The second kappa shape index (κ2) is 5.58. The third-order valence-corrected chi connectivity index (χ3v) is 3.67. The Kier molecular flexibility index (Phi) is 3.62. The number of nitrogens with zero attached hydrogens (tertiary/aromatic N) is 1. The molecule has 4 heteroatoms.